The van der Waals surface area contributed by atoms with Crippen LogP contribution in [0.2, 0.25) is 0 Å². The first-order chi connectivity index (χ1) is 9.74. The number of benzene rings is 1. The minimum absolute atomic E-state index is 0.0409. The molecular weight excluding hydrogens is 256 g/mol. The van der Waals surface area contributed by atoms with Crippen molar-refractivity contribution < 1.29 is 9.47 Å². The Balaban J connectivity index is 2.03. The summed E-state index contributed by atoms with van der Waals surface area (Å²) in [7, 11) is 1.60. The molecule has 0 amide bonds. The van der Waals surface area contributed by atoms with Gasteiger partial charge in [-0.1, -0.05) is 12.1 Å². The van der Waals surface area contributed by atoms with Gasteiger partial charge in [0.2, 0.25) is 0 Å². The molecule has 2 rings (SSSR count). The first kappa shape index (κ1) is 14.1. The zero-order valence-electron chi connectivity index (χ0n) is 11.4. The summed E-state index contributed by atoms with van der Waals surface area (Å²) in [6.07, 6.45) is 1.74. The van der Waals surface area contributed by atoms with Gasteiger partial charge in [-0.25, -0.2) is 0 Å². The van der Waals surface area contributed by atoms with E-state index in [0.717, 1.165) is 5.56 Å². The Kier molecular flexibility index (Phi) is 4.79. The lowest BCUT2D eigenvalue weighted by atomic mass is 10.2. The largest absolute Gasteiger partial charge is 0.497 e. The fourth-order valence-electron chi connectivity index (χ4n) is 1.86. The molecule has 106 valence electrons. The van der Waals surface area contributed by atoms with Crippen LogP contribution in [0.4, 0.5) is 0 Å². The molecular formula is C15H18N2O3. The number of nitrogens with two attached hydrogens (primary N) is 1. The maximum atomic E-state index is 11.6. The van der Waals surface area contributed by atoms with Gasteiger partial charge in [-0.15, -0.1) is 0 Å². The van der Waals surface area contributed by atoms with Crippen molar-refractivity contribution >= 4 is 0 Å². The van der Waals surface area contributed by atoms with E-state index in [0.29, 0.717) is 31.2 Å². The summed E-state index contributed by atoms with van der Waals surface area (Å²) in [5.41, 5.74) is 6.54. The second-order valence-electron chi connectivity index (χ2n) is 4.26. The number of aromatic nitrogens is 1. The van der Waals surface area contributed by atoms with Gasteiger partial charge in [0.05, 0.1) is 13.7 Å². The highest BCUT2D eigenvalue weighted by Gasteiger charge is 2.05. The average molecular weight is 274 g/mol. The molecule has 0 spiro atoms. The molecule has 0 atom stereocenters. The van der Waals surface area contributed by atoms with Gasteiger partial charge in [-0.2, -0.15) is 0 Å². The highest BCUT2D eigenvalue weighted by atomic mass is 16.5. The normalized spacial score (nSPS) is 10.3. The molecule has 0 unspecified atom stereocenters. The third-order valence-electron chi connectivity index (χ3n) is 2.98. The number of rotatable bonds is 6. The third kappa shape index (κ3) is 3.39. The van der Waals surface area contributed by atoms with Crippen LogP contribution < -0.4 is 20.8 Å². The molecule has 0 saturated heterocycles. The number of hydrogen-bond donors (Lipinski definition) is 1. The van der Waals surface area contributed by atoms with E-state index in [1.807, 2.05) is 18.2 Å². The maximum absolute atomic E-state index is 11.6. The van der Waals surface area contributed by atoms with Gasteiger partial charge in [0, 0.05) is 30.4 Å². The predicted octanol–water partition coefficient (Wildman–Crippen LogP) is 1.39. The van der Waals surface area contributed by atoms with Crippen molar-refractivity contribution in [3.8, 4) is 11.5 Å². The molecule has 0 radical (unpaired) electrons. The van der Waals surface area contributed by atoms with Crippen LogP contribution in [0.15, 0.2) is 47.4 Å². The molecule has 0 saturated carbocycles. The van der Waals surface area contributed by atoms with Gasteiger partial charge in [0.15, 0.2) is 0 Å². The van der Waals surface area contributed by atoms with Crippen molar-refractivity contribution in [1.82, 2.24) is 4.57 Å². The Morgan fingerprint density at radius 3 is 2.80 bits per heavy atom. The smallest absolute Gasteiger partial charge is 0.250 e. The van der Waals surface area contributed by atoms with Gasteiger partial charge in [-0.05, 0) is 12.1 Å². The molecule has 20 heavy (non-hydrogen) atoms. The number of pyridine rings is 1. The number of nitrogens with zero attached hydrogens (tertiary/aromatic N) is 1. The second-order valence-corrected chi connectivity index (χ2v) is 4.26. The SMILES string of the molecule is COc1ccc(CN)c(OCCn2ccccc2=O)c1. The van der Waals surface area contributed by atoms with Gasteiger partial charge < -0.3 is 19.8 Å². The van der Waals surface area contributed by atoms with E-state index < -0.39 is 0 Å². The molecule has 5 nitrogen and oxygen atoms in total. The van der Waals surface area contributed by atoms with Crippen LogP contribution >= 0.6 is 0 Å². The van der Waals surface area contributed by atoms with Crippen molar-refractivity contribution in [3.63, 3.8) is 0 Å². The maximum Gasteiger partial charge on any atom is 0.250 e. The summed E-state index contributed by atoms with van der Waals surface area (Å²) in [6.45, 7) is 1.27. The quantitative estimate of drug-likeness (QED) is 0.864. The Labute approximate surface area is 117 Å². The molecule has 2 aromatic rings. The van der Waals surface area contributed by atoms with E-state index in [1.54, 1.807) is 30.0 Å². The fourth-order valence-corrected chi connectivity index (χ4v) is 1.86. The molecule has 0 aliphatic rings. The van der Waals surface area contributed by atoms with Crippen LogP contribution in [-0.4, -0.2) is 18.3 Å². The lowest BCUT2D eigenvalue weighted by molar-refractivity contribution is 0.291. The van der Waals surface area contributed by atoms with E-state index in [4.69, 9.17) is 15.2 Å². The average Bonchev–Trinajstić information content (AvgIpc) is 2.49. The standard InChI is InChI=1S/C15H18N2O3/c1-19-13-6-5-12(11-16)14(10-13)20-9-8-17-7-3-2-4-15(17)18/h2-7,10H,8-9,11,16H2,1H3. The topological polar surface area (TPSA) is 66.5 Å². The number of ether oxygens (including phenoxy) is 2. The zero-order valence-corrected chi connectivity index (χ0v) is 11.4. The monoisotopic (exact) mass is 274 g/mol. The van der Waals surface area contributed by atoms with Crippen LogP contribution in [0, 0.1) is 0 Å². The molecule has 1 aromatic carbocycles. The molecule has 5 heteroatoms. The van der Waals surface area contributed by atoms with E-state index in [9.17, 15) is 4.79 Å². The molecule has 0 aliphatic heterocycles. The van der Waals surface area contributed by atoms with Crippen molar-refractivity contribution in [2.75, 3.05) is 13.7 Å². The minimum atomic E-state index is -0.0409. The highest BCUT2D eigenvalue weighted by molar-refractivity contribution is 5.40. The van der Waals surface area contributed by atoms with E-state index in [-0.39, 0.29) is 5.56 Å². The molecule has 0 aliphatic carbocycles. The molecule has 1 heterocycles. The van der Waals surface area contributed by atoms with E-state index in [2.05, 4.69) is 0 Å². The van der Waals surface area contributed by atoms with Crippen molar-refractivity contribution in [1.29, 1.82) is 0 Å². The lowest BCUT2D eigenvalue weighted by Crippen LogP contribution is -2.21. The summed E-state index contributed by atoms with van der Waals surface area (Å²) in [5, 5.41) is 0. The summed E-state index contributed by atoms with van der Waals surface area (Å²) >= 11 is 0. The van der Waals surface area contributed by atoms with E-state index in [1.165, 1.54) is 6.07 Å². The van der Waals surface area contributed by atoms with Gasteiger partial charge >= 0.3 is 0 Å². The first-order valence-corrected chi connectivity index (χ1v) is 6.40. The molecule has 0 fully saturated rings. The Hall–Kier alpha value is -2.27. The minimum Gasteiger partial charge on any atom is -0.497 e. The first-order valence-electron chi connectivity index (χ1n) is 6.40. The summed E-state index contributed by atoms with van der Waals surface area (Å²) in [4.78, 5) is 11.6. The van der Waals surface area contributed by atoms with Crippen LogP contribution in [0.25, 0.3) is 0 Å². The van der Waals surface area contributed by atoms with Crippen LogP contribution in [0.1, 0.15) is 5.56 Å². The lowest BCUT2D eigenvalue weighted by Gasteiger charge is -2.12. The van der Waals surface area contributed by atoms with Crippen LogP contribution in [0.3, 0.4) is 0 Å². The Morgan fingerprint density at radius 2 is 2.10 bits per heavy atom. The van der Waals surface area contributed by atoms with Crippen molar-refractivity contribution in [3.05, 3.63) is 58.5 Å². The highest BCUT2D eigenvalue weighted by Crippen LogP contribution is 2.24. The summed E-state index contributed by atoms with van der Waals surface area (Å²) < 4.78 is 12.5. The van der Waals surface area contributed by atoms with Crippen LogP contribution in [0.5, 0.6) is 11.5 Å². The Morgan fingerprint density at radius 1 is 1.25 bits per heavy atom. The van der Waals surface area contributed by atoms with Gasteiger partial charge in [-0.3, -0.25) is 4.79 Å². The predicted molar refractivity (Wildman–Crippen MR) is 77.1 cm³/mol. The summed E-state index contributed by atoms with van der Waals surface area (Å²) in [6, 6.07) is 10.6. The van der Waals surface area contributed by atoms with E-state index >= 15 is 0 Å². The second kappa shape index (κ2) is 6.77. The summed E-state index contributed by atoms with van der Waals surface area (Å²) in [5.74, 6) is 1.41. The van der Waals surface area contributed by atoms with Gasteiger partial charge in [0.25, 0.3) is 5.56 Å². The third-order valence-corrected chi connectivity index (χ3v) is 2.98. The van der Waals surface area contributed by atoms with Crippen molar-refractivity contribution in [2.24, 2.45) is 5.73 Å². The molecule has 0 bridgehead atoms. The number of hydrogen-bond acceptors (Lipinski definition) is 4. The van der Waals surface area contributed by atoms with Gasteiger partial charge in [0.1, 0.15) is 18.1 Å². The van der Waals surface area contributed by atoms with Crippen molar-refractivity contribution in [2.45, 2.75) is 13.1 Å². The fraction of sp³-hybridized carbons (Fsp3) is 0.267. The zero-order chi connectivity index (χ0) is 14.4. The number of methoxy groups -OCH3 is 1. The Bertz CT molecular complexity index is 623. The van der Waals surface area contributed by atoms with Crippen LogP contribution in [-0.2, 0) is 13.1 Å². The molecule has 2 N–H and O–H groups in total. The molecule has 1 aromatic heterocycles.